The van der Waals surface area contributed by atoms with Crippen molar-refractivity contribution in [1.82, 2.24) is 15.5 Å². The van der Waals surface area contributed by atoms with Crippen molar-refractivity contribution in [2.75, 3.05) is 45.9 Å². The molecule has 7 heteroatoms. The van der Waals surface area contributed by atoms with Gasteiger partial charge in [-0.1, -0.05) is 0 Å². The number of hydrogen-bond acceptors (Lipinski definition) is 3. The van der Waals surface area contributed by atoms with E-state index in [-0.39, 0.29) is 12.1 Å². The molecule has 0 amide bonds. The summed E-state index contributed by atoms with van der Waals surface area (Å²) >= 11 is 0. The predicted octanol–water partition coefficient (Wildman–Crippen LogP) is 1.74. The molecule has 0 saturated carbocycles. The largest absolute Gasteiger partial charge is 0.379 e. The van der Waals surface area contributed by atoms with Gasteiger partial charge in [-0.2, -0.15) is 0 Å². The van der Waals surface area contributed by atoms with Crippen molar-refractivity contribution in [2.24, 2.45) is 4.99 Å². The third-order valence-corrected chi connectivity index (χ3v) is 3.81. The average Bonchev–Trinajstić information content (AvgIpc) is 2.60. The molecule has 5 nitrogen and oxygen atoms in total. The Morgan fingerprint density at radius 1 is 1.25 bits per heavy atom. The second-order valence-electron chi connectivity index (χ2n) is 5.67. The van der Waals surface area contributed by atoms with Crippen LogP contribution in [0.5, 0.6) is 0 Å². The number of morpholine rings is 1. The first kappa shape index (κ1) is 18.6. The summed E-state index contributed by atoms with van der Waals surface area (Å²) in [6.45, 7) is 8.12. The van der Waals surface area contributed by atoms with E-state index in [2.05, 4.69) is 20.5 Å². The Labute approximate surface area is 142 Å². The van der Waals surface area contributed by atoms with E-state index in [1.54, 1.807) is 0 Å². The van der Waals surface area contributed by atoms with Crippen molar-refractivity contribution < 1.29 is 13.5 Å². The minimum atomic E-state index is -0.454. The van der Waals surface area contributed by atoms with Gasteiger partial charge in [-0.15, -0.1) is 0 Å². The number of aliphatic imine (C=N–C) groups is 1. The topological polar surface area (TPSA) is 48.9 Å². The van der Waals surface area contributed by atoms with Crippen molar-refractivity contribution in [3.63, 3.8) is 0 Å². The molecule has 1 aromatic rings. The first-order chi connectivity index (χ1) is 11.7. The van der Waals surface area contributed by atoms with E-state index in [0.717, 1.165) is 57.9 Å². The number of guanidine groups is 1. The van der Waals surface area contributed by atoms with Crippen molar-refractivity contribution in [2.45, 2.75) is 19.9 Å². The molecule has 1 aliphatic heterocycles. The summed E-state index contributed by atoms with van der Waals surface area (Å²) in [5, 5.41) is 6.34. The molecule has 1 saturated heterocycles. The molecule has 1 heterocycles. The lowest BCUT2D eigenvalue weighted by atomic mass is 10.2. The van der Waals surface area contributed by atoms with Crippen LogP contribution < -0.4 is 10.6 Å². The van der Waals surface area contributed by atoms with Gasteiger partial charge in [0.15, 0.2) is 5.96 Å². The van der Waals surface area contributed by atoms with Gasteiger partial charge < -0.3 is 15.4 Å². The summed E-state index contributed by atoms with van der Waals surface area (Å²) < 4.78 is 32.1. The Hall–Kier alpha value is -1.73. The molecule has 0 atom stereocenters. The lowest BCUT2D eigenvalue weighted by molar-refractivity contribution is 0.0376. The Morgan fingerprint density at radius 3 is 2.79 bits per heavy atom. The van der Waals surface area contributed by atoms with Gasteiger partial charge in [0.25, 0.3) is 0 Å². The van der Waals surface area contributed by atoms with Gasteiger partial charge in [0.2, 0.25) is 0 Å². The molecule has 24 heavy (non-hydrogen) atoms. The van der Waals surface area contributed by atoms with Gasteiger partial charge in [0.05, 0.1) is 19.8 Å². The maximum atomic E-state index is 13.6. The summed E-state index contributed by atoms with van der Waals surface area (Å²) in [5.41, 5.74) is 0.250. The molecular formula is C17H26F2N4O. The van der Waals surface area contributed by atoms with Crippen LogP contribution in [-0.4, -0.2) is 56.8 Å². The van der Waals surface area contributed by atoms with Crippen LogP contribution in [0.4, 0.5) is 8.78 Å². The Morgan fingerprint density at radius 2 is 2.04 bits per heavy atom. The summed E-state index contributed by atoms with van der Waals surface area (Å²) in [6, 6.07) is 3.42. The van der Waals surface area contributed by atoms with E-state index in [9.17, 15) is 8.78 Å². The number of hydrogen-bond donors (Lipinski definition) is 2. The van der Waals surface area contributed by atoms with Crippen LogP contribution in [0.1, 0.15) is 18.9 Å². The number of nitrogens with zero attached hydrogens (tertiary/aromatic N) is 2. The van der Waals surface area contributed by atoms with Gasteiger partial charge in [-0.3, -0.25) is 4.90 Å². The number of ether oxygens (including phenoxy) is 1. The fraction of sp³-hybridized carbons (Fsp3) is 0.588. The van der Waals surface area contributed by atoms with Crippen LogP contribution in [0.15, 0.2) is 23.2 Å². The Kier molecular flexibility index (Phi) is 7.91. The van der Waals surface area contributed by atoms with E-state index in [1.807, 2.05) is 6.92 Å². The van der Waals surface area contributed by atoms with Gasteiger partial charge >= 0.3 is 0 Å². The second kappa shape index (κ2) is 10.2. The van der Waals surface area contributed by atoms with Gasteiger partial charge in [0.1, 0.15) is 11.6 Å². The number of rotatable bonds is 7. The van der Waals surface area contributed by atoms with Crippen LogP contribution in [0.25, 0.3) is 0 Å². The summed E-state index contributed by atoms with van der Waals surface area (Å²) in [7, 11) is 0. The molecule has 1 fully saturated rings. The SMILES string of the molecule is CCNC(=NCc1cc(F)ccc1F)NCCCN1CCOCC1. The third-order valence-electron chi connectivity index (χ3n) is 3.81. The molecule has 0 aromatic heterocycles. The number of benzene rings is 1. The molecule has 0 spiro atoms. The Balaban J connectivity index is 1.78. The molecule has 1 aliphatic rings. The highest BCUT2D eigenvalue weighted by atomic mass is 19.1. The molecule has 0 aliphatic carbocycles. The fourth-order valence-corrected chi connectivity index (χ4v) is 2.50. The lowest BCUT2D eigenvalue weighted by Crippen LogP contribution is -2.40. The van der Waals surface area contributed by atoms with E-state index in [0.29, 0.717) is 12.5 Å². The van der Waals surface area contributed by atoms with Crippen LogP contribution in [0.2, 0.25) is 0 Å². The highest BCUT2D eigenvalue weighted by Crippen LogP contribution is 2.10. The van der Waals surface area contributed by atoms with Gasteiger partial charge in [-0.05, 0) is 38.1 Å². The monoisotopic (exact) mass is 340 g/mol. The average molecular weight is 340 g/mol. The zero-order valence-electron chi connectivity index (χ0n) is 14.2. The smallest absolute Gasteiger partial charge is 0.191 e. The van der Waals surface area contributed by atoms with Crippen LogP contribution in [0, 0.1) is 11.6 Å². The van der Waals surface area contributed by atoms with E-state index in [4.69, 9.17) is 4.74 Å². The summed E-state index contributed by atoms with van der Waals surface area (Å²) in [5.74, 6) is -0.281. The number of nitrogens with one attached hydrogen (secondary N) is 2. The summed E-state index contributed by atoms with van der Waals surface area (Å²) in [4.78, 5) is 6.70. The summed E-state index contributed by atoms with van der Waals surface area (Å²) in [6.07, 6.45) is 0.985. The molecule has 2 N–H and O–H groups in total. The minimum Gasteiger partial charge on any atom is -0.379 e. The molecule has 0 unspecified atom stereocenters. The van der Waals surface area contributed by atoms with Crippen LogP contribution >= 0.6 is 0 Å². The minimum absolute atomic E-state index is 0.0996. The Bertz CT molecular complexity index is 533. The van der Waals surface area contributed by atoms with Gasteiger partial charge in [0, 0.05) is 31.7 Å². The molecule has 0 radical (unpaired) electrons. The maximum absolute atomic E-state index is 13.6. The second-order valence-corrected chi connectivity index (χ2v) is 5.67. The van der Waals surface area contributed by atoms with Crippen molar-refractivity contribution >= 4 is 5.96 Å². The predicted molar refractivity (Wildman–Crippen MR) is 91.1 cm³/mol. The zero-order valence-corrected chi connectivity index (χ0v) is 14.2. The molecule has 2 rings (SSSR count). The normalized spacial score (nSPS) is 16.2. The molecule has 134 valence electrons. The van der Waals surface area contributed by atoms with Crippen LogP contribution in [0.3, 0.4) is 0 Å². The molecule has 0 bridgehead atoms. The van der Waals surface area contributed by atoms with Crippen LogP contribution in [-0.2, 0) is 11.3 Å². The van der Waals surface area contributed by atoms with E-state index >= 15 is 0 Å². The van der Waals surface area contributed by atoms with E-state index in [1.165, 1.54) is 6.07 Å². The van der Waals surface area contributed by atoms with Crippen molar-refractivity contribution in [1.29, 1.82) is 0 Å². The third kappa shape index (κ3) is 6.41. The standard InChI is InChI=1S/C17H26F2N4O/c1-2-20-17(21-6-3-7-23-8-10-24-11-9-23)22-13-14-12-15(18)4-5-16(14)19/h4-5,12H,2-3,6-11,13H2,1H3,(H2,20,21,22). The zero-order chi connectivity index (χ0) is 17.2. The van der Waals surface area contributed by atoms with Crippen molar-refractivity contribution in [3.05, 3.63) is 35.4 Å². The van der Waals surface area contributed by atoms with Crippen molar-refractivity contribution in [3.8, 4) is 0 Å². The molecular weight excluding hydrogens is 314 g/mol. The first-order valence-corrected chi connectivity index (χ1v) is 8.45. The van der Waals surface area contributed by atoms with Gasteiger partial charge in [-0.25, -0.2) is 13.8 Å². The lowest BCUT2D eigenvalue weighted by Gasteiger charge is -2.26. The maximum Gasteiger partial charge on any atom is 0.191 e. The molecule has 1 aromatic carbocycles. The first-order valence-electron chi connectivity index (χ1n) is 8.45. The number of halogens is 2. The quantitative estimate of drug-likeness (QED) is 0.451. The fourth-order valence-electron chi connectivity index (χ4n) is 2.50. The van der Waals surface area contributed by atoms with E-state index < -0.39 is 11.6 Å². The highest BCUT2D eigenvalue weighted by molar-refractivity contribution is 5.79. The highest BCUT2D eigenvalue weighted by Gasteiger charge is 2.09.